The molecular formula is C12H12Cl2N4O. The Morgan fingerprint density at radius 3 is 2.74 bits per heavy atom. The van der Waals surface area contributed by atoms with Crippen molar-refractivity contribution < 1.29 is 4.79 Å². The van der Waals surface area contributed by atoms with Gasteiger partial charge in [-0.25, -0.2) is 4.98 Å². The predicted octanol–water partition coefficient (Wildman–Crippen LogP) is 3.42. The summed E-state index contributed by atoms with van der Waals surface area (Å²) in [6.45, 7) is 4.00. The number of halogens is 2. The molecule has 0 aliphatic rings. The zero-order valence-electron chi connectivity index (χ0n) is 10.4. The van der Waals surface area contributed by atoms with Crippen LogP contribution >= 0.6 is 23.2 Å². The molecule has 0 unspecified atom stereocenters. The smallest absolute Gasteiger partial charge is 0.257 e. The molecule has 2 aromatic rings. The third kappa shape index (κ3) is 3.24. The fraction of sp³-hybridized carbons (Fsp3) is 0.250. The van der Waals surface area contributed by atoms with Crippen molar-refractivity contribution in [1.29, 1.82) is 0 Å². The number of anilines is 1. The van der Waals surface area contributed by atoms with Crippen LogP contribution in [0.2, 0.25) is 10.2 Å². The number of pyridine rings is 1. The zero-order chi connectivity index (χ0) is 14.0. The summed E-state index contributed by atoms with van der Waals surface area (Å²) in [5.74, 6) is -0.349. The first kappa shape index (κ1) is 13.8. The molecule has 2 aromatic heterocycles. The van der Waals surface area contributed by atoms with Crippen LogP contribution in [0.25, 0.3) is 0 Å². The van der Waals surface area contributed by atoms with Gasteiger partial charge in [-0.2, -0.15) is 5.10 Å². The first-order valence-electron chi connectivity index (χ1n) is 5.64. The second-order valence-corrected chi connectivity index (χ2v) is 5.04. The van der Waals surface area contributed by atoms with Crippen molar-refractivity contribution in [2.24, 2.45) is 0 Å². The number of amides is 1. The van der Waals surface area contributed by atoms with Gasteiger partial charge in [-0.05, 0) is 19.9 Å². The Balaban J connectivity index is 2.18. The molecule has 2 heterocycles. The van der Waals surface area contributed by atoms with Gasteiger partial charge in [-0.15, -0.1) is 0 Å². The van der Waals surface area contributed by atoms with E-state index in [2.05, 4.69) is 15.4 Å². The summed E-state index contributed by atoms with van der Waals surface area (Å²) in [4.78, 5) is 15.8. The van der Waals surface area contributed by atoms with E-state index in [0.717, 1.165) is 0 Å². The minimum absolute atomic E-state index is 0.215. The number of hydrogen-bond acceptors (Lipinski definition) is 3. The number of aromatic nitrogens is 3. The highest BCUT2D eigenvalue weighted by molar-refractivity contribution is 6.35. The normalized spacial score (nSPS) is 10.8. The van der Waals surface area contributed by atoms with Crippen molar-refractivity contribution in [3.05, 3.63) is 40.4 Å². The van der Waals surface area contributed by atoms with Gasteiger partial charge in [0, 0.05) is 18.4 Å². The van der Waals surface area contributed by atoms with Crippen LogP contribution in [0, 0.1) is 0 Å². The van der Waals surface area contributed by atoms with E-state index in [4.69, 9.17) is 23.2 Å². The largest absolute Gasteiger partial charge is 0.319 e. The summed E-state index contributed by atoms with van der Waals surface area (Å²) in [7, 11) is 0. The average molecular weight is 299 g/mol. The summed E-state index contributed by atoms with van der Waals surface area (Å²) in [6.07, 6.45) is 4.67. The minimum Gasteiger partial charge on any atom is -0.319 e. The molecule has 0 bridgehead atoms. The van der Waals surface area contributed by atoms with Crippen LogP contribution in [0.4, 0.5) is 5.69 Å². The highest BCUT2D eigenvalue weighted by atomic mass is 35.5. The van der Waals surface area contributed by atoms with E-state index in [9.17, 15) is 4.79 Å². The number of carbonyl (C=O) groups excluding carboxylic acids is 1. The molecule has 0 saturated carbocycles. The van der Waals surface area contributed by atoms with E-state index in [-0.39, 0.29) is 27.7 Å². The molecule has 1 amide bonds. The van der Waals surface area contributed by atoms with E-state index in [1.807, 2.05) is 13.8 Å². The molecule has 100 valence electrons. The van der Waals surface area contributed by atoms with Crippen LogP contribution in [-0.2, 0) is 0 Å². The van der Waals surface area contributed by atoms with Crippen molar-refractivity contribution in [2.45, 2.75) is 19.9 Å². The Kier molecular flexibility index (Phi) is 4.07. The second-order valence-electron chi connectivity index (χ2n) is 4.24. The lowest BCUT2D eigenvalue weighted by molar-refractivity contribution is 0.102. The maximum atomic E-state index is 12.0. The maximum Gasteiger partial charge on any atom is 0.257 e. The molecule has 19 heavy (non-hydrogen) atoms. The van der Waals surface area contributed by atoms with Crippen molar-refractivity contribution in [3.8, 4) is 0 Å². The second kappa shape index (κ2) is 5.59. The summed E-state index contributed by atoms with van der Waals surface area (Å²) >= 11 is 11.7. The van der Waals surface area contributed by atoms with Gasteiger partial charge in [0.1, 0.15) is 5.15 Å². The molecule has 0 fully saturated rings. The van der Waals surface area contributed by atoms with Gasteiger partial charge in [0.25, 0.3) is 5.91 Å². The molecular weight excluding hydrogens is 287 g/mol. The fourth-order valence-electron chi connectivity index (χ4n) is 1.47. The molecule has 0 spiro atoms. The van der Waals surface area contributed by atoms with Crippen LogP contribution in [-0.4, -0.2) is 20.7 Å². The van der Waals surface area contributed by atoms with Gasteiger partial charge in [0.2, 0.25) is 0 Å². The molecule has 0 radical (unpaired) electrons. The van der Waals surface area contributed by atoms with Gasteiger partial charge < -0.3 is 5.32 Å². The van der Waals surface area contributed by atoms with Crippen molar-refractivity contribution in [2.75, 3.05) is 5.32 Å². The first-order valence-corrected chi connectivity index (χ1v) is 6.39. The number of nitrogens with one attached hydrogen (secondary N) is 1. The van der Waals surface area contributed by atoms with E-state index in [1.54, 1.807) is 17.1 Å². The summed E-state index contributed by atoms with van der Waals surface area (Å²) in [5, 5.41) is 7.30. The Morgan fingerprint density at radius 2 is 2.11 bits per heavy atom. The molecule has 1 N–H and O–H groups in total. The van der Waals surface area contributed by atoms with E-state index in [1.165, 1.54) is 12.3 Å². The lowest BCUT2D eigenvalue weighted by Crippen LogP contribution is -2.12. The third-order valence-corrected chi connectivity index (χ3v) is 2.96. The molecule has 2 rings (SSSR count). The number of carbonyl (C=O) groups is 1. The Labute approximate surface area is 120 Å². The van der Waals surface area contributed by atoms with Crippen LogP contribution in [0.1, 0.15) is 30.2 Å². The Hall–Kier alpha value is -1.59. The maximum absolute atomic E-state index is 12.0. The van der Waals surface area contributed by atoms with Gasteiger partial charge in [0.05, 0.1) is 22.5 Å². The standard InChI is InChI=1S/C12H12Cl2N4O/c1-7(2)18-6-8(4-16-18)17-12(19)9-3-11(14)15-5-10(9)13/h3-7H,1-2H3,(H,17,19). The molecule has 0 aliphatic carbocycles. The van der Waals surface area contributed by atoms with Crippen LogP contribution in [0.5, 0.6) is 0 Å². The monoisotopic (exact) mass is 298 g/mol. The van der Waals surface area contributed by atoms with Gasteiger partial charge in [-0.1, -0.05) is 23.2 Å². The Morgan fingerprint density at radius 1 is 1.37 bits per heavy atom. The zero-order valence-corrected chi connectivity index (χ0v) is 11.9. The Bertz CT molecular complexity index is 610. The van der Waals surface area contributed by atoms with Crippen LogP contribution in [0.15, 0.2) is 24.7 Å². The van der Waals surface area contributed by atoms with E-state index < -0.39 is 0 Å². The first-order chi connectivity index (χ1) is 8.97. The summed E-state index contributed by atoms with van der Waals surface area (Å²) < 4.78 is 1.75. The lowest BCUT2D eigenvalue weighted by atomic mass is 10.2. The summed E-state index contributed by atoms with van der Waals surface area (Å²) in [6, 6.07) is 1.65. The molecule has 5 nitrogen and oxygen atoms in total. The predicted molar refractivity (Wildman–Crippen MR) is 74.8 cm³/mol. The number of rotatable bonds is 3. The fourth-order valence-corrected chi connectivity index (χ4v) is 1.82. The molecule has 0 aromatic carbocycles. The third-order valence-electron chi connectivity index (χ3n) is 2.46. The van der Waals surface area contributed by atoms with Crippen LogP contribution < -0.4 is 5.32 Å². The van der Waals surface area contributed by atoms with Gasteiger partial charge in [-0.3, -0.25) is 9.48 Å². The van der Waals surface area contributed by atoms with Crippen molar-refractivity contribution >= 4 is 34.8 Å². The minimum atomic E-state index is -0.349. The van der Waals surface area contributed by atoms with E-state index in [0.29, 0.717) is 5.69 Å². The quantitative estimate of drug-likeness (QED) is 0.883. The molecule has 0 atom stereocenters. The molecule has 7 heteroatoms. The highest BCUT2D eigenvalue weighted by Gasteiger charge is 2.13. The average Bonchev–Trinajstić information content (AvgIpc) is 2.80. The molecule has 0 saturated heterocycles. The van der Waals surface area contributed by atoms with E-state index >= 15 is 0 Å². The SMILES string of the molecule is CC(C)n1cc(NC(=O)c2cc(Cl)ncc2Cl)cn1. The van der Waals surface area contributed by atoms with Crippen LogP contribution in [0.3, 0.4) is 0 Å². The van der Waals surface area contributed by atoms with Gasteiger partial charge in [0.15, 0.2) is 0 Å². The molecule has 0 aliphatic heterocycles. The topological polar surface area (TPSA) is 59.8 Å². The van der Waals surface area contributed by atoms with Crippen molar-refractivity contribution in [3.63, 3.8) is 0 Å². The lowest BCUT2D eigenvalue weighted by Gasteiger charge is -2.05. The van der Waals surface area contributed by atoms with Gasteiger partial charge >= 0.3 is 0 Å². The summed E-state index contributed by atoms with van der Waals surface area (Å²) in [5.41, 5.74) is 0.877. The number of nitrogens with zero attached hydrogens (tertiary/aromatic N) is 3. The highest BCUT2D eigenvalue weighted by Crippen LogP contribution is 2.20. The number of hydrogen-bond donors (Lipinski definition) is 1. The van der Waals surface area contributed by atoms with Crippen molar-refractivity contribution in [1.82, 2.24) is 14.8 Å².